The van der Waals surface area contributed by atoms with Crippen LogP contribution in [0.25, 0.3) is 10.8 Å². The maximum absolute atomic E-state index is 14.7. The predicted molar refractivity (Wildman–Crippen MR) is 174 cm³/mol. The first kappa shape index (κ1) is 30.1. The van der Waals surface area contributed by atoms with Crippen molar-refractivity contribution < 1.29 is 14.4 Å². The summed E-state index contributed by atoms with van der Waals surface area (Å²) in [5.74, 6) is 1.78. The van der Waals surface area contributed by atoms with Gasteiger partial charge in [0.15, 0.2) is 0 Å². The van der Waals surface area contributed by atoms with E-state index in [1.165, 1.54) is 5.57 Å². The van der Waals surface area contributed by atoms with Gasteiger partial charge < -0.3 is 10.2 Å². The van der Waals surface area contributed by atoms with Crippen LogP contribution in [0.15, 0.2) is 54.1 Å². The fraction of sp³-hybridized carbons (Fsp3) is 0.605. The van der Waals surface area contributed by atoms with Gasteiger partial charge in [-0.1, -0.05) is 55.8 Å². The zero-order valence-electron chi connectivity index (χ0n) is 27.3. The molecule has 3 fully saturated rings. The van der Waals surface area contributed by atoms with Gasteiger partial charge >= 0.3 is 0 Å². The smallest absolute Gasteiger partial charge is 0.240 e. The normalized spacial score (nSPS) is 33.2. The molecule has 0 bridgehead atoms. The highest BCUT2D eigenvalue weighted by Gasteiger charge is 2.62. The van der Waals surface area contributed by atoms with E-state index in [-0.39, 0.29) is 46.1 Å². The lowest BCUT2D eigenvalue weighted by atomic mass is 9.44. The second-order valence-corrected chi connectivity index (χ2v) is 16.1. The number of hydrogen-bond acceptors (Lipinski definition) is 3. The molecule has 6 rings (SSSR count). The molecular weight excluding hydrogens is 532 g/mol. The molecule has 1 N–H and O–H groups in total. The molecule has 4 aliphatic rings. The minimum absolute atomic E-state index is 0.0189. The molecule has 0 aliphatic heterocycles. The number of hydrogen-bond donors (Lipinski definition) is 1. The molecule has 2 aromatic carbocycles. The van der Waals surface area contributed by atoms with E-state index in [0.717, 1.165) is 55.0 Å². The van der Waals surface area contributed by atoms with Gasteiger partial charge in [-0.2, -0.15) is 0 Å². The molecule has 5 nitrogen and oxygen atoms in total. The van der Waals surface area contributed by atoms with Crippen molar-refractivity contribution in [2.45, 2.75) is 99.0 Å². The lowest BCUT2D eigenvalue weighted by molar-refractivity contribution is -0.135. The van der Waals surface area contributed by atoms with Gasteiger partial charge in [0.1, 0.15) is 12.3 Å². The average Bonchev–Trinajstić information content (AvgIpc) is 3.30. The summed E-state index contributed by atoms with van der Waals surface area (Å²) in [7, 11) is 0. The first-order valence-electron chi connectivity index (χ1n) is 16.5. The first-order valence-corrected chi connectivity index (χ1v) is 16.5. The average molecular weight is 583 g/mol. The monoisotopic (exact) mass is 582 g/mol. The number of nitrogens with zero attached hydrogens (tertiary/aromatic N) is 1. The number of carbonyl (C=O) groups excluding carboxylic acids is 3. The number of ketones is 1. The van der Waals surface area contributed by atoms with Crippen molar-refractivity contribution in [1.82, 2.24) is 5.32 Å². The number of rotatable bonds is 4. The molecule has 0 aromatic heterocycles. The summed E-state index contributed by atoms with van der Waals surface area (Å²) in [6.07, 6.45) is 9.09. The molecule has 2 aromatic rings. The number of benzene rings is 2. The Morgan fingerprint density at radius 2 is 1.65 bits per heavy atom. The molecule has 5 heteroatoms. The quantitative estimate of drug-likeness (QED) is 0.373. The van der Waals surface area contributed by atoms with Crippen LogP contribution in [0.4, 0.5) is 5.69 Å². The van der Waals surface area contributed by atoms with Crippen LogP contribution < -0.4 is 10.2 Å². The zero-order chi connectivity index (χ0) is 30.9. The standard InChI is InChI=1S/C38H50N2O3/c1-35(2,3)39-33(42)23-40(26-13-12-24-10-8-9-11-25(24)22-26)34(43)30-16-15-28-27-14-17-31-36(4,5)32(41)19-21-38(31,7)29(27)18-20-37(28,30)6/h8-13,17,22,27-30H,14-16,18-21,23H2,1-7H3,(H,39,42)/t27-,28-,29-,30+,37-,38+/m0/s1. The fourth-order valence-corrected chi connectivity index (χ4v) is 10.1. The third-order valence-corrected chi connectivity index (χ3v) is 12.1. The molecule has 230 valence electrons. The van der Waals surface area contributed by atoms with Gasteiger partial charge in [0, 0.05) is 29.0 Å². The van der Waals surface area contributed by atoms with Crippen molar-refractivity contribution in [2.24, 2.45) is 39.9 Å². The maximum atomic E-state index is 14.7. The Morgan fingerprint density at radius 3 is 2.37 bits per heavy atom. The molecule has 0 saturated heterocycles. The van der Waals surface area contributed by atoms with E-state index in [1.807, 2.05) is 39.0 Å². The van der Waals surface area contributed by atoms with Gasteiger partial charge in [-0.15, -0.1) is 0 Å². The van der Waals surface area contributed by atoms with Crippen LogP contribution >= 0.6 is 0 Å². The lowest BCUT2D eigenvalue weighted by Gasteiger charge is -2.59. The Hall–Kier alpha value is -2.95. The van der Waals surface area contributed by atoms with E-state index in [2.05, 4.69) is 63.4 Å². The second kappa shape index (κ2) is 10.3. The Kier molecular flexibility index (Phi) is 7.22. The molecule has 43 heavy (non-hydrogen) atoms. The molecule has 0 heterocycles. The highest BCUT2D eigenvalue weighted by molar-refractivity contribution is 6.02. The highest BCUT2D eigenvalue weighted by Crippen LogP contribution is 2.67. The fourth-order valence-electron chi connectivity index (χ4n) is 10.1. The van der Waals surface area contributed by atoms with Crippen molar-refractivity contribution >= 4 is 34.1 Å². The highest BCUT2D eigenvalue weighted by atomic mass is 16.2. The Bertz CT molecular complexity index is 1500. The summed E-state index contributed by atoms with van der Waals surface area (Å²) in [6, 6.07) is 14.3. The first-order chi connectivity index (χ1) is 20.1. The SMILES string of the molecule is CC(C)(C)NC(=O)CN(C(=O)[C@H]1CC[C@H]2[C@@H]3CC=C4C(C)(C)C(=O)CC[C@]4(C)[C@H]3CC[C@]12C)c1ccc2ccccc2c1. The second-order valence-electron chi connectivity index (χ2n) is 16.1. The van der Waals surface area contributed by atoms with Gasteiger partial charge in [0.2, 0.25) is 11.8 Å². The van der Waals surface area contributed by atoms with Gasteiger partial charge in [0.25, 0.3) is 0 Å². The van der Waals surface area contributed by atoms with Crippen LogP contribution in [0.3, 0.4) is 0 Å². The molecule has 3 saturated carbocycles. The van der Waals surface area contributed by atoms with Gasteiger partial charge in [-0.25, -0.2) is 0 Å². The molecule has 0 radical (unpaired) electrons. The summed E-state index contributed by atoms with van der Waals surface area (Å²) >= 11 is 0. The van der Waals surface area contributed by atoms with E-state index in [0.29, 0.717) is 30.0 Å². The van der Waals surface area contributed by atoms with Crippen molar-refractivity contribution in [3.63, 3.8) is 0 Å². The topological polar surface area (TPSA) is 66.5 Å². The van der Waals surface area contributed by atoms with Gasteiger partial charge in [-0.05, 0) is 125 Å². The van der Waals surface area contributed by atoms with Crippen LogP contribution in [0.5, 0.6) is 0 Å². The Morgan fingerprint density at radius 1 is 0.930 bits per heavy atom. The minimum Gasteiger partial charge on any atom is -0.350 e. The number of amides is 2. The Labute approximate surface area is 257 Å². The van der Waals surface area contributed by atoms with Crippen LogP contribution in [-0.2, 0) is 14.4 Å². The molecule has 2 amide bonds. The number of Topliss-reactive ketones (excluding diaryl/α,β-unsaturated/α-hetero) is 1. The zero-order valence-corrected chi connectivity index (χ0v) is 27.3. The van der Waals surface area contributed by atoms with Crippen LogP contribution in [0.2, 0.25) is 0 Å². The van der Waals surface area contributed by atoms with Crippen LogP contribution in [-0.4, -0.2) is 29.7 Å². The molecule has 4 aliphatic carbocycles. The summed E-state index contributed by atoms with van der Waals surface area (Å²) in [4.78, 5) is 42.7. The maximum Gasteiger partial charge on any atom is 0.240 e. The minimum atomic E-state index is -0.375. The number of carbonyl (C=O) groups is 3. The Balaban J connectivity index is 1.31. The summed E-state index contributed by atoms with van der Waals surface area (Å²) < 4.78 is 0. The lowest BCUT2D eigenvalue weighted by Crippen LogP contribution is -2.55. The summed E-state index contributed by atoms with van der Waals surface area (Å²) in [5, 5.41) is 5.27. The number of allylic oxidation sites excluding steroid dienone is 2. The summed E-state index contributed by atoms with van der Waals surface area (Å²) in [6.45, 7) is 15.0. The van der Waals surface area contributed by atoms with E-state index in [4.69, 9.17) is 0 Å². The largest absolute Gasteiger partial charge is 0.350 e. The van der Waals surface area contributed by atoms with Gasteiger partial charge in [-0.3, -0.25) is 14.4 Å². The molecule has 0 spiro atoms. The molecule has 0 unspecified atom stereocenters. The van der Waals surface area contributed by atoms with Crippen molar-refractivity contribution in [1.29, 1.82) is 0 Å². The van der Waals surface area contributed by atoms with E-state index in [9.17, 15) is 14.4 Å². The van der Waals surface area contributed by atoms with Crippen molar-refractivity contribution in [3.05, 3.63) is 54.1 Å². The third kappa shape index (κ3) is 4.95. The van der Waals surface area contributed by atoms with Crippen LogP contribution in [0, 0.1) is 39.9 Å². The molecule has 6 atom stereocenters. The van der Waals surface area contributed by atoms with Gasteiger partial charge in [0.05, 0.1) is 0 Å². The number of anilines is 1. The number of fused-ring (bicyclic) bond motifs is 6. The van der Waals surface area contributed by atoms with Crippen molar-refractivity contribution in [3.8, 4) is 0 Å². The van der Waals surface area contributed by atoms with Crippen LogP contribution in [0.1, 0.15) is 93.4 Å². The van der Waals surface area contributed by atoms with E-state index < -0.39 is 0 Å². The van der Waals surface area contributed by atoms with E-state index in [1.54, 1.807) is 4.90 Å². The molecular formula is C38H50N2O3. The van der Waals surface area contributed by atoms with Crippen molar-refractivity contribution in [2.75, 3.05) is 11.4 Å². The number of nitrogens with one attached hydrogen (secondary N) is 1. The predicted octanol–water partition coefficient (Wildman–Crippen LogP) is 7.87. The van der Waals surface area contributed by atoms with E-state index >= 15 is 0 Å². The third-order valence-electron chi connectivity index (χ3n) is 12.1. The summed E-state index contributed by atoms with van der Waals surface area (Å²) in [5.41, 5.74) is 1.38.